The second-order valence-corrected chi connectivity index (χ2v) is 9.12. The lowest BCUT2D eigenvalue weighted by molar-refractivity contribution is -0.144. The summed E-state index contributed by atoms with van der Waals surface area (Å²) in [5.41, 5.74) is 5.29. The average molecular weight is 439 g/mol. The lowest BCUT2D eigenvalue weighted by Gasteiger charge is -2.44. The van der Waals surface area contributed by atoms with Crippen molar-refractivity contribution >= 4 is 46.7 Å². The summed E-state index contributed by atoms with van der Waals surface area (Å²) >= 11 is 2.91. The SMILES string of the molecule is N=C(N)NCCCC(NC(=O)C1CSCC2CCCC(=O)N21)C(=O)c1nccs1. The summed E-state index contributed by atoms with van der Waals surface area (Å²) in [5.74, 6) is 0.764. The Kier molecular flexibility index (Phi) is 7.48. The molecule has 2 aliphatic heterocycles. The standard InChI is InChI=1S/C18H26N6O3S2/c19-18(20)22-6-2-4-12(15(26)17-21-7-8-29-17)23-16(27)13-10-28-9-11-3-1-5-14(25)24(11)13/h7-8,11-13H,1-6,9-10H2,(H,23,27)(H4,19,20,22). The van der Waals surface area contributed by atoms with Crippen LogP contribution in [0.25, 0.3) is 0 Å². The number of hydrogen-bond acceptors (Lipinski definition) is 7. The minimum atomic E-state index is -0.729. The molecule has 158 valence electrons. The number of nitrogens with one attached hydrogen (secondary N) is 3. The highest BCUT2D eigenvalue weighted by atomic mass is 32.2. The molecule has 11 heteroatoms. The number of thioether (sulfide) groups is 1. The van der Waals surface area contributed by atoms with Crippen molar-refractivity contribution in [3.05, 3.63) is 16.6 Å². The van der Waals surface area contributed by atoms with Crippen LogP contribution in [0.15, 0.2) is 11.6 Å². The lowest BCUT2D eigenvalue weighted by atomic mass is 9.99. The van der Waals surface area contributed by atoms with Gasteiger partial charge in [-0.2, -0.15) is 11.8 Å². The highest BCUT2D eigenvalue weighted by molar-refractivity contribution is 7.99. The van der Waals surface area contributed by atoms with Gasteiger partial charge in [0.15, 0.2) is 11.0 Å². The van der Waals surface area contributed by atoms with Gasteiger partial charge in [0.05, 0.1) is 6.04 Å². The average Bonchev–Trinajstić information content (AvgIpc) is 3.24. The molecule has 2 fully saturated rings. The van der Waals surface area contributed by atoms with Gasteiger partial charge in [-0.15, -0.1) is 11.3 Å². The van der Waals surface area contributed by atoms with Gasteiger partial charge in [-0.05, 0) is 25.7 Å². The van der Waals surface area contributed by atoms with Crippen LogP contribution in [0, 0.1) is 5.41 Å². The van der Waals surface area contributed by atoms with Gasteiger partial charge in [0, 0.05) is 42.1 Å². The van der Waals surface area contributed by atoms with Crippen molar-refractivity contribution in [2.45, 2.75) is 50.2 Å². The van der Waals surface area contributed by atoms with E-state index < -0.39 is 12.1 Å². The van der Waals surface area contributed by atoms with Crippen LogP contribution < -0.4 is 16.4 Å². The van der Waals surface area contributed by atoms with Gasteiger partial charge >= 0.3 is 0 Å². The summed E-state index contributed by atoms with van der Waals surface area (Å²) in [6.45, 7) is 0.429. The van der Waals surface area contributed by atoms with Crippen molar-refractivity contribution in [3.8, 4) is 0 Å². The molecule has 2 amide bonds. The molecule has 3 heterocycles. The van der Waals surface area contributed by atoms with Gasteiger partial charge in [-0.25, -0.2) is 4.98 Å². The molecule has 3 rings (SSSR count). The highest BCUT2D eigenvalue weighted by Crippen LogP contribution is 2.30. The molecule has 2 saturated heterocycles. The van der Waals surface area contributed by atoms with E-state index in [0.717, 1.165) is 18.6 Å². The Labute approximate surface area is 177 Å². The van der Waals surface area contributed by atoms with Crippen LogP contribution in [-0.4, -0.2) is 69.6 Å². The number of nitrogens with zero attached hydrogens (tertiary/aromatic N) is 2. The number of rotatable bonds is 8. The number of nitrogens with two attached hydrogens (primary N) is 1. The fourth-order valence-corrected chi connectivity index (χ4v) is 5.61. The predicted octanol–water partition coefficient (Wildman–Crippen LogP) is 0.570. The molecule has 0 spiro atoms. The molecule has 3 atom stereocenters. The number of piperidine rings is 1. The van der Waals surface area contributed by atoms with Crippen molar-refractivity contribution in [2.75, 3.05) is 18.1 Å². The normalized spacial score (nSPS) is 22.5. The predicted molar refractivity (Wildman–Crippen MR) is 113 cm³/mol. The topological polar surface area (TPSA) is 141 Å². The molecule has 2 aliphatic rings. The Balaban J connectivity index is 1.68. The lowest BCUT2D eigenvalue weighted by Crippen LogP contribution is -2.61. The van der Waals surface area contributed by atoms with Crippen LogP contribution >= 0.6 is 23.1 Å². The monoisotopic (exact) mass is 438 g/mol. The number of guanidine groups is 1. The first-order valence-corrected chi connectivity index (χ1v) is 11.7. The zero-order valence-electron chi connectivity index (χ0n) is 16.1. The smallest absolute Gasteiger partial charge is 0.244 e. The Morgan fingerprint density at radius 1 is 1.41 bits per heavy atom. The molecule has 0 aromatic carbocycles. The van der Waals surface area contributed by atoms with Gasteiger partial charge in [-0.1, -0.05) is 0 Å². The van der Waals surface area contributed by atoms with E-state index in [0.29, 0.717) is 36.6 Å². The zero-order valence-corrected chi connectivity index (χ0v) is 17.7. The molecule has 29 heavy (non-hydrogen) atoms. The van der Waals surface area contributed by atoms with E-state index in [1.54, 1.807) is 28.2 Å². The number of fused-ring (bicyclic) bond motifs is 1. The number of carbonyl (C=O) groups is 3. The zero-order chi connectivity index (χ0) is 20.8. The molecule has 0 aliphatic carbocycles. The van der Waals surface area contributed by atoms with E-state index in [1.807, 2.05) is 0 Å². The molecular formula is C18H26N6O3S2. The van der Waals surface area contributed by atoms with Crippen LogP contribution in [0.2, 0.25) is 0 Å². The molecule has 0 bridgehead atoms. The van der Waals surface area contributed by atoms with Crippen LogP contribution in [0.1, 0.15) is 41.9 Å². The maximum atomic E-state index is 13.1. The van der Waals surface area contributed by atoms with Gasteiger partial charge in [0.25, 0.3) is 0 Å². The third kappa shape index (κ3) is 5.47. The van der Waals surface area contributed by atoms with E-state index in [1.165, 1.54) is 11.3 Å². The minimum absolute atomic E-state index is 0.0233. The molecule has 1 aromatic heterocycles. The molecule has 5 N–H and O–H groups in total. The van der Waals surface area contributed by atoms with Gasteiger partial charge in [0.2, 0.25) is 17.6 Å². The molecule has 9 nitrogen and oxygen atoms in total. The quantitative estimate of drug-likeness (QED) is 0.201. The summed E-state index contributed by atoms with van der Waals surface area (Å²) in [6.07, 6.45) is 4.75. The first-order valence-electron chi connectivity index (χ1n) is 9.68. The molecule has 1 aromatic rings. The second-order valence-electron chi connectivity index (χ2n) is 7.15. The number of aromatic nitrogens is 1. The van der Waals surface area contributed by atoms with Crippen molar-refractivity contribution in [2.24, 2.45) is 5.73 Å². The Morgan fingerprint density at radius 2 is 2.24 bits per heavy atom. The van der Waals surface area contributed by atoms with Crippen LogP contribution in [-0.2, 0) is 9.59 Å². The van der Waals surface area contributed by atoms with E-state index >= 15 is 0 Å². The number of ketones is 1. The van der Waals surface area contributed by atoms with E-state index in [2.05, 4.69) is 15.6 Å². The third-order valence-electron chi connectivity index (χ3n) is 5.09. The summed E-state index contributed by atoms with van der Waals surface area (Å²) in [5, 5.41) is 14.9. The summed E-state index contributed by atoms with van der Waals surface area (Å²) in [7, 11) is 0. The maximum absolute atomic E-state index is 13.1. The van der Waals surface area contributed by atoms with Gasteiger partial charge in [0.1, 0.15) is 6.04 Å². The van der Waals surface area contributed by atoms with Gasteiger partial charge < -0.3 is 21.3 Å². The van der Waals surface area contributed by atoms with E-state index in [9.17, 15) is 14.4 Å². The summed E-state index contributed by atoms with van der Waals surface area (Å²) in [4.78, 5) is 44.2. The number of amides is 2. The molecule has 3 unspecified atom stereocenters. The number of carbonyl (C=O) groups excluding carboxylic acids is 3. The largest absolute Gasteiger partial charge is 0.370 e. The highest BCUT2D eigenvalue weighted by Gasteiger charge is 2.41. The molecule has 0 saturated carbocycles. The first-order chi connectivity index (χ1) is 14.0. The van der Waals surface area contributed by atoms with Crippen LogP contribution in [0.5, 0.6) is 0 Å². The maximum Gasteiger partial charge on any atom is 0.244 e. The Morgan fingerprint density at radius 3 is 2.97 bits per heavy atom. The minimum Gasteiger partial charge on any atom is -0.370 e. The van der Waals surface area contributed by atoms with E-state index in [-0.39, 0.29) is 29.6 Å². The fourth-order valence-electron chi connectivity index (χ4n) is 3.71. The van der Waals surface area contributed by atoms with Crippen molar-refractivity contribution in [1.29, 1.82) is 5.41 Å². The third-order valence-corrected chi connectivity index (χ3v) is 7.05. The van der Waals surface area contributed by atoms with Crippen molar-refractivity contribution < 1.29 is 14.4 Å². The number of hydrogen-bond donors (Lipinski definition) is 4. The van der Waals surface area contributed by atoms with Gasteiger partial charge in [-0.3, -0.25) is 19.8 Å². The first kappa shape index (κ1) is 21.6. The molecule has 0 radical (unpaired) electrons. The summed E-state index contributed by atoms with van der Waals surface area (Å²) < 4.78 is 0. The second kappa shape index (κ2) is 10.1. The fraction of sp³-hybridized carbons (Fsp3) is 0.611. The number of Topliss-reactive ketones (excluding diaryl/α,β-unsaturated/α-hetero) is 1. The molecular weight excluding hydrogens is 412 g/mol. The number of thiazole rings is 1. The van der Waals surface area contributed by atoms with Crippen LogP contribution in [0.3, 0.4) is 0 Å². The Bertz CT molecular complexity index is 755. The Hall–Kier alpha value is -2.14. The van der Waals surface area contributed by atoms with E-state index in [4.69, 9.17) is 11.1 Å². The van der Waals surface area contributed by atoms with Crippen molar-refractivity contribution in [1.82, 2.24) is 20.5 Å². The van der Waals surface area contributed by atoms with Crippen LogP contribution in [0.4, 0.5) is 0 Å². The van der Waals surface area contributed by atoms with Crippen molar-refractivity contribution in [3.63, 3.8) is 0 Å². The summed E-state index contributed by atoms with van der Waals surface area (Å²) in [6, 6.07) is -1.18.